The number of carbonyl (C=O) groups excluding carboxylic acids is 2. The molecule has 0 saturated carbocycles. The van der Waals surface area contributed by atoms with Gasteiger partial charge in [-0.3, -0.25) is 0 Å². The van der Waals surface area contributed by atoms with Gasteiger partial charge in [-0.05, 0) is 33.7 Å². The highest BCUT2D eigenvalue weighted by atomic mass is 16.5. The first-order valence-electron chi connectivity index (χ1n) is 11.2. The third kappa shape index (κ3) is 3.51. The highest BCUT2D eigenvalue weighted by Crippen LogP contribution is 2.48. The van der Waals surface area contributed by atoms with Gasteiger partial charge in [-0.25, -0.2) is 9.59 Å². The summed E-state index contributed by atoms with van der Waals surface area (Å²) in [5.74, 6) is -1.63. The molecule has 0 heterocycles. The summed E-state index contributed by atoms with van der Waals surface area (Å²) in [5.41, 5.74) is 2.55. The number of benzene rings is 5. The van der Waals surface area contributed by atoms with E-state index in [1.165, 1.54) is 26.4 Å². The average Bonchev–Trinajstić information content (AvgIpc) is 2.91. The van der Waals surface area contributed by atoms with Crippen LogP contribution in [0.5, 0.6) is 11.5 Å². The summed E-state index contributed by atoms with van der Waals surface area (Å²) in [5, 5.41) is 25.4. The Bertz CT molecular complexity index is 1490. The van der Waals surface area contributed by atoms with Gasteiger partial charge in [0.15, 0.2) is 0 Å². The van der Waals surface area contributed by atoms with Crippen LogP contribution in [0.25, 0.3) is 43.8 Å². The topological polar surface area (TPSA) is 93.1 Å². The monoisotopic (exact) mass is 478 g/mol. The molecule has 6 heteroatoms. The number of fused-ring (bicyclic) bond motifs is 2. The van der Waals surface area contributed by atoms with Gasteiger partial charge >= 0.3 is 11.9 Å². The molecule has 0 aromatic heterocycles. The molecular weight excluding hydrogens is 456 g/mol. The van der Waals surface area contributed by atoms with E-state index in [-0.39, 0.29) is 22.6 Å². The van der Waals surface area contributed by atoms with Crippen molar-refractivity contribution in [2.75, 3.05) is 14.2 Å². The van der Waals surface area contributed by atoms with Crippen LogP contribution in [0.15, 0.2) is 84.9 Å². The minimum atomic E-state index is -0.635. The van der Waals surface area contributed by atoms with E-state index in [4.69, 9.17) is 9.47 Å². The third-order valence-electron chi connectivity index (χ3n) is 6.35. The number of rotatable bonds is 4. The lowest BCUT2D eigenvalue weighted by molar-refractivity contribution is 0.0588. The number of methoxy groups -OCH3 is 2. The minimum Gasteiger partial charge on any atom is -0.506 e. The van der Waals surface area contributed by atoms with Crippen LogP contribution in [-0.4, -0.2) is 36.4 Å². The molecule has 0 aliphatic carbocycles. The SMILES string of the molecule is COC(=O)c1cccc(-c2c3ccccc3c(-c3cccc(C(=O)OC)c3O)c3ccccc23)c1O. The van der Waals surface area contributed by atoms with Crippen molar-refractivity contribution in [2.45, 2.75) is 0 Å². The second kappa shape index (κ2) is 9.07. The van der Waals surface area contributed by atoms with Crippen molar-refractivity contribution in [3.8, 4) is 33.8 Å². The first-order chi connectivity index (χ1) is 17.5. The van der Waals surface area contributed by atoms with Crippen LogP contribution in [0.2, 0.25) is 0 Å². The van der Waals surface area contributed by atoms with Crippen LogP contribution in [0.3, 0.4) is 0 Å². The fourth-order valence-corrected chi connectivity index (χ4v) is 4.75. The van der Waals surface area contributed by atoms with Crippen LogP contribution in [0, 0.1) is 0 Å². The zero-order chi connectivity index (χ0) is 25.4. The highest BCUT2D eigenvalue weighted by Gasteiger charge is 2.23. The van der Waals surface area contributed by atoms with E-state index in [0.717, 1.165) is 32.7 Å². The number of hydrogen-bond acceptors (Lipinski definition) is 6. The molecule has 0 bridgehead atoms. The summed E-state index contributed by atoms with van der Waals surface area (Å²) in [6, 6.07) is 25.2. The summed E-state index contributed by atoms with van der Waals surface area (Å²) < 4.78 is 9.70. The van der Waals surface area contributed by atoms with Crippen LogP contribution in [0.1, 0.15) is 20.7 Å². The molecule has 5 aromatic rings. The highest BCUT2D eigenvalue weighted by molar-refractivity contribution is 6.22. The molecule has 36 heavy (non-hydrogen) atoms. The molecule has 0 spiro atoms. The number of phenols is 2. The summed E-state index contributed by atoms with van der Waals surface area (Å²) in [6.07, 6.45) is 0. The Balaban J connectivity index is 1.93. The number of hydrogen-bond donors (Lipinski definition) is 2. The van der Waals surface area contributed by atoms with Gasteiger partial charge < -0.3 is 19.7 Å². The molecule has 2 N–H and O–H groups in total. The normalized spacial score (nSPS) is 10.9. The van der Waals surface area contributed by atoms with Crippen LogP contribution in [0.4, 0.5) is 0 Å². The Morgan fingerprint density at radius 3 is 1.17 bits per heavy atom. The van der Waals surface area contributed by atoms with E-state index < -0.39 is 11.9 Å². The zero-order valence-corrected chi connectivity index (χ0v) is 19.6. The van der Waals surface area contributed by atoms with Gasteiger partial charge in [-0.2, -0.15) is 0 Å². The van der Waals surface area contributed by atoms with E-state index in [1.54, 1.807) is 24.3 Å². The van der Waals surface area contributed by atoms with Gasteiger partial charge in [0.05, 0.1) is 14.2 Å². The zero-order valence-electron chi connectivity index (χ0n) is 19.6. The number of phenolic OH excluding ortho intramolecular Hbond substituents is 2. The number of carbonyl (C=O) groups is 2. The van der Waals surface area contributed by atoms with Gasteiger partial charge in [-0.1, -0.05) is 72.8 Å². The summed E-state index contributed by atoms with van der Waals surface area (Å²) in [4.78, 5) is 24.6. The molecule has 6 nitrogen and oxygen atoms in total. The maximum Gasteiger partial charge on any atom is 0.341 e. The molecule has 0 aliphatic heterocycles. The summed E-state index contributed by atoms with van der Waals surface area (Å²) in [7, 11) is 2.53. The Morgan fingerprint density at radius 2 is 0.861 bits per heavy atom. The fraction of sp³-hybridized carbons (Fsp3) is 0.0667. The van der Waals surface area contributed by atoms with Crippen molar-refractivity contribution in [3.05, 3.63) is 96.1 Å². The van der Waals surface area contributed by atoms with Crippen molar-refractivity contribution in [2.24, 2.45) is 0 Å². The average molecular weight is 479 g/mol. The largest absolute Gasteiger partial charge is 0.506 e. The maximum absolute atomic E-state index is 12.3. The van der Waals surface area contributed by atoms with E-state index in [1.807, 2.05) is 48.5 Å². The number of esters is 2. The number of ether oxygens (including phenoxy) is 2. The Hall–Kier alpha value is -4.84. The van der Waals surface area contributed by atoms with E-state index in [0.29, 0.717) is 11.1 Å². The molecule has 0 atom stereocenters. The lowest BCUT2D eigenvalue weighted by Crippen LogP contribution is -2.03. The minimum absolute atomic E-state index is 0.0654. The lowest BCUT2D eigenvalue weighted by atomic mass is 9.85. The van der Waals surface area contributed by atoms with Gasteiger partial charge in [0.25, 0.3) is 0 Å². The van der Waals surface area contributed by atoms with Gasteiger partial charge in [0.2, 0.25) is 0 Å². The van der Waals surface area contributed by atoms with Crippen molar-refractivity contribution in [1.82, 2.24) is 0 Å². The van der Waals surface area contributed by atoms with Crippen LogP contribution >= 0.6 is 0 Å². The van der Waals surface area contributed by atoms with Gasteiger partial charge in [0.1, 0.15) is 22.6 Å². The number of aromatic hydroxyl groups is 2. The summed E-state index contributed by atoms with van der Waals surface area (Å²) >= 11 is 0. The molecular formula is C30H22O6. The third-order valence-corrected chi connectivity index (χ3v) is 6.35. The van der Waals surface area contributed by atoms with Crippen molar-refractivity contribution in [1.29, 1.82) is 0 Å². The van der Waals surface area contributed by atoms with Crippen molar-refractivity contribution < 1.29 is 29.3 Å². The van der Waals surface area contributed by atoms with E-state index >= 15 is 0 Å². The fourth-order valence-electron chi connectivity index (χ4n) is 4.75. The van der Waals surface area contributed by atoms with Crippen LogP contribution in [-0.2, 0) is 9.47 Å². The molecule has 0 radical (unpaired) electrons. The quantitative estimate of drug-likeness (QED) is 0.232. The maximum atomic E-state index is 12.3. The lowest BCUT2D eigenvalue weighted by Gasteiger charge is -2.19. The molecule has 0 unspecified atom stereocenters. The van der Waals surface area contributed by atoms with Crippen molar-refractivity contribution in [3.63, 3.8) is 0 Å². The summed E-state index contributed by atoms with van der Waals surface area (Å²) in [6.45, 7) is 0. The second-order valence-electron chi connectivity index (χ2n) is 8.23. The van der Waals surface area contributed by atoms with Gasteiger partial charge in [-0.15, -0.1) is 0 Å². The van der Waals surface area contributed by atoms with E-state index in [2.05, 4.69) is 0 Å². The standard InChI is InChI=1S/C30H22O6/c1-35-29(33)23-15-7-13-21(27(23)31)25-17-9-3-5-11-19(17)26(20-12-6-4-10-18(20)25)22-14-8-16-24(28(22)32)30(34)36-2/h3-16,31-32H,1-2H3. The Morgan fingerprint density at radius 1 is 0.528 bits per heavy atom. The Kier molecular flexibility index (Phi) is 5.78. The first-order valence-corrected chi connectivity index (χ1v) is 11.2. The number of para-hydroxylation sites is 2. The smallest absolute Gasteiger partial charge is 0.341 e. The molecule has 178 valence electrons. The van der Waals surface area contributed by atoms with Crippen molar-refractivity contribution >= 4 is 33.5 Å². The Labute approximate surface area is 207 Å². The molecule has 0 amide bonds. The second-order valence-corrected chi connectivity index (χ2v) is 8.23. The molecule has 5 aromatic carbocycles. The molecule has 0 fully saturated rings. The van der Waals surface area contributed by atoms with Crippen LogP contribution < -0.4 is 0 Å². The molecule has 5 rings (SSSR count). The van der Waals surface area contributed by atoms with Gasteiger partial charge in [0, 0.05) is 22.3 Å². The predicted molar refractivity (Wildman–Crippen MR) is 138 cm³/mol. The molecule has 0 saturated heterocycles. The first kappa shape index (κ1) is 22.9. The van der Waals surface area contributed by atoms with E-state index in [9.17, 15) is 19.8 Å². The predicted octanol–water partition coefficient (Wildman–Crippen LogP) is 6.31. The molecule has 0 aliphatic rings.